The molecule has 2 saturated heterocycles. The zero-order valence-electron chi connectivity index (χ0n) is 11.6. The normalized spacial score (nSPS) is 23.7. The first kappa shape index (κ1) is 14.8. The Morgan fingerprint density at radius 3 is 2.40 bits per heavy atom. The summed E-state index contributed by atoms with van der Waals surface area (Å²) >= 11 is 7.64. The highest BCUT2D eigenvalue weighted by Gasteiger charge is 2.40. The fourth-order valence-electron chi connectivity index (χ4n) is 2.86. The number of aliphatic hydroxyl groups is 1. The van der Waals surface area contributed by atoms with Gasteiger partial charge in [0.25, 0.3) is 0 Å². The minimum atomic E-state index is 0.00342. The van der Waals surface area contributed by atoms with Crippen molar-refractivity contribution in [2.24, 2.45) is 5.41 Å². The topological polar surface area (TPSA) is 35.9 Å². The van der Waals surface area contributed by atoms with Gasteiger partial charge in [-0.3, -0.25) is 9.80 Å². The average Bonchev–Trinajstić information content (AvgIpc) is 2.81. The third-order valence-corrected chi connectivity index (χ3v) is 5.40. The summed E-state index contributed by atoms with van der Waals surface area (Å²) in [5, 5.41) is 9.49. The van der Waals surface area contributed by atoms with E-state index in [0.717, 1.165) is 43.6 Å². The number of ether oxygens (including phenoxy) is 1. The third-order valence-electron chi connectivity index (χ3n) is 4.18. The lowest BCUT2D eigenvalue weighted by Gasteiger charge is -2.45. The van der Waals surface area contributed by atoms with Crippen LogP contribution in [0.1, 0.15) is 4.88 Å². The molecule has 2 aliphatic heterocycles. The second-order valence-electron chi connectivity index (χ2n) is 5.91. The van der Waals surface area contributed by atoms with Gasteiger partial charge in [0.1, 0.15) is 0 Å². The van der Waals surface area contributed by atoms with E-state index in [4.69, 9.17) is 16.3 Å². The number of hydrogen-bond donors (Lipinski definition) is 1. The van der Waals surface area contributed by atoms with Gasteiger partial charge in [-0.1, -0.05) is 11.6 Å². The van der Waals surface area contributed by atoms with Gasteiger partial charge in [-0.25, -0.2) is 0 Å². The van der Waals surface area contributed by atoms with Gasteiger partial charge in [-0.15, -0.1) is 11.3 Å². The summed E-state index contributed by atoms with van der Waals surface area (Å²) in [7, 11) is 0. The summed E-state index contributed by atoms with van der Waals surface area (Å²) < 4.78 is 6.13. The number of halogens is 1. The van der Waals surface area contributed by atoms with E-state index in [9.17, 15) is 5.11 Å². The summed E-state index contributed by atoms with van der Waals surface area (Å²) in [6, 6.07) is 4.09. The Morgan fingerprint density at radius 2 is 1.90 bits per heavy atom. The van der Waals surface area contributed by atoms with E-state index in [0.29, 0.717) is 13.2 Å². The van der Waals surface area contributed by atoms with Crippen molar-refractivity contribution >= 4 is 22.9 Å². The molecular formula is C14H21ClN2O2S. The SMILES string of the molecule is OCC1(CN2CCN(Cc3ccc(Cl)s3)CC2)COC1. The molecule has 3 rings (SSSR count). The second kappa shape index (κ2) is 6.30. The maximum Gasteiger partial charge on any atom is 0.0931 e. The van der Waals surface area contributed by atoms with Crippen LogP contribution in [0, 0.1) is 5.41 Å². The van der Waals surface area contributed by atoms with Crippen molar-refractivity contribution in [3.8, 4) is 0 Å². The van der Waals surface area contributed by atoms with Crippen LogP contribution in [0.2, 0.25) is 4.34 Å². The minimum absolute atomic E-state index is 0.00342. The average molecular weight is 317 g/mol. The van der Waals surface area contributed by atoms with Gasteiger partial charge in [0.15, 0.2) is 0 Å². The maximum absolute atomic E-state index is 9.49. The molecule has 1 aromatic heterocycles. The van der Waals surface area contributed by atoms with Crippen LogP contribution in [0.5, 0.6) is 0 Å². The predicted molar refractivity (Wildman–Crippen MR) is 81.4 cm³/mol. The molecule has 0 aliphatic carbocycles. The first-order chi connectivity index (χ1) is 9.69. The van der Waals surface area contributed by atoms with Crippen molar-refractivity contribution in [3.63, 3.8) is 0 Å². The van der Waals surface area contributed by atoms with Gasteiger partial charge in [-0.2, -0.15) is 0 Å². The molecule has 3 heterocycles. The number of thiophene rings is 1. The van der Waals surface area contributed by atoms with E-state index in [2.05, 4.69) is 15.9 Å². The molecule has 0 unspecified atom stereocenters. The van der Waals surface area contributed by atoms with E-state index in [1.807, 2.05) is 6.07 Å². The lowest BCUT2D eigenvalue weighted by Crippen LogP contribution is -2.56. The summed E-state index contributed by atoms with van der Waals surface area (Å²) in [5.74, 6) is 0. The standard InChI is InChI=1S/C14H21ClN2O2S/c15-13-2-1-12(20-13)7-16-3-5-17(6-4-16)8-14(9-18)10-19-11-14/h1-2,18H,3-11H2. The second-order valence-corrected chi connectivity index (χ2v) is 7.71. The monoisotopic (exact) mass is 316 g/mol. The first-order valence-corrected chi connectivity index (χ1v) is 8.26. The molecule has 0 aromatic carbocycles. The minimum Gasteiger partial charge on any atom is -0.396 e. The largest absolute Gasteiger partial charge is 0.396 e. The molecule has 0 bridgehead atoms. The van der Waals surface area contributed by atoms with Crippen LogP contribution in [0.4, 0.5) is 0 Å². The summed E-state index contributed by atoms with van der Waals surface area (Å²) in [5.41, 5.74) is 0.00342. The number of aliphatic hydroxyl groups excluding tert-OH is 1. The van der Waals surface area contributed by atoms with Crippen molar-refractivity contribution in [3.05, 3.63) is 21.3 Å². The predicted octanol–water partition coefficient (Wildman–Crippen LogP) is 1.53. The molecule has 0 radical (unpaired) electrons. The Morgan fingerprint density at radius 1 is 1.20 bits per heavy atom. The van der Waals surface area contributed by atoms with E-state index in [1.165, 1.54) is 4.88 Å². The molecule has 1 N–H and O–H groups in total. The van der Waals surface area contributed by atoms with E-state index >= 15 is 0 Å². The van der Waals surface area contributed by atoms with Crippen molar-refractivity contribution in [1.82, 2.24) is 9.80 Å². The Bertz CT molecular complexity index is 437. The quantitative estimate of drug-likeness (QED) is 0.893. The van der Waals surface area contributed by atoms with E-state index in [-0.39, 0.29) is 12.0 Å². The van der Waals surface area contributed by atoms with Crippen LogP contribution in [-0.4, -0.2) is 67.5 Å². The van der Waals surface area contributed by atoms with Crippen molar-refractivity contribution < 1.29 is 9.84 Å². The lowest BCUT2D eigenvalue weighted by atomic mass is 9.86. The number of nitrogens with zero attached hydrogens (tertiary/aromatic N) is 2. The van der Waals surface area contributed by atoms with Crippen molar-refractivity contribution in [2.45, 2.75) is 6.54 Å². The Labute approximate surface area is 128 Å². The van der Waals surface area contributed by atoms with Crippen LogP contribution >= 0.6 is 22.9 Å². The van der Waals surface area contributed by atoms with Gasteiger partial charge in [0, 0.05) is 44.1 Å². The molecule has 0 saturated carbocycles. The summed E-state index contributed by atoms with van der Waals surface area (Å²) in [4.78, 5) is 6.26. The van der Waals surface area contributed by atoms with Gasteiger partial charge < -0.3 is 9.84 Å². The first-order valence-electron chi connectivity index (χ1n) is 7.07. The van der Waals surface area contributed by atoms with Crippen LogP contribution in [-0.2, 0) is 11.3 Å². The molecule has 1 aromatic rings. The Balaban J connectivity index is 1.45. The number of piperazine rings is 1. The molecule has 0 amide bonds. The zero-order valence-corrected chi connectivity index (χ0v) is 13.1. The highest BCUT2D eigenvalue weighted by Crippen LogP contribution is 2.28. The van der Waals surface area contributed by atoms with Gasteiger partial charge in [-0.05, 0) is 12.1 Å². The molecule has 2 aliphatic rings. The van der Waals surface area contributed by atoms with Crippen LogP contribution in [0.15, 0.2) is 12.1 Å². The smallest absolute Gasteiger partial charge is 0.0931 e. The molecule has 2 fully saturated rings. The van der Waals surface area contributed by atoms with Crippen LogP contribution < -0.4 is 0 Å². The highest BCUT2D eigenvalue weighted by atomic mass is 35.5. The molecule has 0 spiro atoms. The molecule has 20 heavy (non-hydrogen) atoms. The lowest BCUT2D eigenvalue weighted by molar-refractivity contribution is -0.150. The Hall–Kier alpha value is -0.170. The van der Waals surface area contributed by atoms with Gasteiger partial charge in [0.05, 0.1) is 29.6 Å². The van der Waals surface area contributed by atoms with Crippen LogP contribution in [0.3, 0.4) is 0 Å². The fraction of sp³-hybridized carbons (Fsp3) is 0.714. The van der Waals surface area contributed by atoms with E-state index in [1.54, 1.807) is 11.3 Å². The zero-order chi connectivity index (χ0) is 14.0. The van der Waals surface area contributed by atoms with Gasteiger partial charge >= 0.3 is 0 Å². The van der Waals surface area contributed by atoms with Crippen molar-refractivity contribution in [1.29, 1.82) is 0 Å². The summed E-state index contributed by atoms with van der Waals surface area (Å²) in [6.07, 6.45) is 0. The third kappa shape index (κ3) is 3.35. The molecule has 4 nitrogen and oxygen atoms in total. The Kier molecular flexibility index (Phi) is 4.65. The molecule has 0 atom stereocenters. The number of hydrogen-bond acceptors (Lipinski definition) is 5. The fourth-order valence-corrected chi connectivity index (χ4v) is 3.99. The number of rotatable bonds is 5. The summed E-state index contributed by atoms with van der Waals surface area (Å²) in [6.45, 7) is 7.91. The van der Waals surface area contributed by atoms with Gasteiger partial charge in [0.2, 0.25) is 0 Å². The molecular weight excluding hydrogens is 296 g/mol. The molecule has 112 valence electrons. The van der Waals surface area contributed by atoms with Crippen molar-refractivity contribution in [2.75, 3.05) is 52.5 Å². The van der Waals surface area contributed by atoms with E-state index < -0.39 is 0 Å². The van der Waals surface area contributed by atoms with Crippen LogP contribution in [0.25, 0.3) is 0 Å². The maximum atomic E-state index is 9.49. The highest BCUT2D eigenvalue weighted by molar-refractivity contribution is 7.16. The molecule has 6 heteroatoms.